The molecular weight excluding hydrogens is 364 g/mol. The maximum Gasteiger partial charge on any atom is 0.293 e. The molecule has 5 heteroatoms. The third kappa shape index (κ3) is 3.67. The standard InChI is InChI=1S/C24H20N2O3/c1-25(20-8-3-2-4-9-20)22-14-11-17(16-23(22)26(28)29)15-19-13-12-18-7-5-6-10-21(18)24(19)27/h2-11,14-16H,12-13H2,1H3/b19-15+. The van der Waals surface area contributed by atoms with E-state index in [4.69, 9.17) is 0 Å². The van der Waals surface area contributed by atoms with Crippen LogP contribution in [0.15, 0.2) is 78.4 Å². The highest BCUT2D eigenvalue weighted by molar-refractivity contribution is 6.13. The first-order chi connectivity index (χ1) is 14.0. The molecule has 0 aliphatic heterocycles. The van der Waals surface area contributed by atoms with Crippen LogP contribution in [-0.2, 0) is 6.42 Å². The van der Waals surface area contributed by atoms with Gasteiger partial charge in [-0.3, -0.25) is 14.9 Å². The average Bonchev–Trinajstić information content (AvgIpc) is 2.76. The second kappa shape index (κ2) is 7.72. The minimum absolute atomic E-state index is 0.0000156. The van der Waals surface area contributed by atoms with E-state index in [0.717, 1.165) is 23.2 Å². The van der Waals surface area contributed by atoms with Gasteiger partial charge in [-0.1, -0.05) is 48.5 Å². The average molecular weight is 384 g/mol. The molecule has 0 unspecified atom stereocenters. The molecule has 0 saturated carbocycles. The Morgan fingerprint density at radius 1 is 0.966 bits per heavy atom. The van der Waals surface area contributed by atoms with Gasteiger partial charge in [-0.2, -0.15) is 0 Å². The summed E-state index contributed by atoms with van der Waals surface area (Å²) in [6.45, 7) is 0. The van der Waals surface area contributed by atoms with Crippen molar-refractivity contribution in [3.63, 3.8) is 0 Å². The van der Waals surface area contributed by atoms with E-state index < -0.39 is 0 Å². The lowest BCUT2D eigenvalue weighted by molar-refractivity contribution is -0.384. The molecule has 0 heterocycles. The van der Waals surface area contributed by atoms with Crippen LogP contribution in [0, 0.1) is 10.1 Å². The van der Waals surface area contributed by atoms with E-state index in [9.17, 15) is 14.9 Å². The first kappa shape index (κ1) is 18.6. The summed E-state index contributed by atoms with van der Waals surface area (Å²) in [7, 11) is 1.80. The molecule has 144 valence electrons. The lowest BCUT2D eigenvalue weighted by atomic mass is 9.86. The van der Waals surface area contributed by atoms with E-state index in [1.165, 1.54) is 6.07 Å². The summed E-state index contributed by atoms with van der Waals surface area (Å²) >= 11 is 0. The Bertz CT molecular complexity index is 1120. The highest BCUT2D eigenvalue weighted by Gasteiger charge is 2.22. The number of hydrogen-bond acceptors (Lipinski definition) is 4. The van der Waals surface area contributed by atoms with Crippen molar-refractivity contribution in [3.8, 4) is 0 Å². The van der Waals surface area contributed by atoms with Crippen LogP contribution < -0.4 is 4.90 Å². The third-order valence-electron chi connectivity index (χ3n) is 5.26. The van der Waals surface area contributed by atoms with Crippen molar-refractivity contribution in [1.82, 2.24) is 0 Å². The van der Waals surface area contributed by atoms with E-state index in [1.54, 1.807) is 24.1 Å². The molecule has 0 N–H and O–H groups in total. The Hall–Kier alpha value is -3.73. The Balaban J connectivity index is 1.70. The van der Waals surface area contributed by atoms with Crippen molar-refractivity contribution < 1.29 is 9.72 Å². The number of anilines is 2. The van der Waals surface area contributed by atoms with Crippen LogP contribution in [0.3, 0.4) is 0 Å². The van der Waals surface area contributed by atoms with Crippen molar-refractivity contribution in [2.45, 2.75) is 12.8 Å². The van der Waals surface area contributed by atoms with Gasteiger partial charge in [-0.25, -0.2) is 0 Å². The smallest absolute Gasteiger partial charge is 0.293 e. The molecule has 1 aliphatic carbocycles. The lowest BCUT2D eigenvalue weighted by Crippen LogP contribution is -2.14. The fraction of sp³-hybridized carbons (Fsp3) is 0.125. The number of ketones is 1. The molecule has 0 saturated heterocycles. The quantitative estimate of drug-likeness (QED) is 0.335. The van der Waals surface area contributed by atoms with Crippen LogP contribution in [0.2, 0.25) is 0 Å². The van der Waals surface area contributed by atoms with Crippen LogP contribution in [0.1, 0.15) is 27.9 Å². The van der Waals surface area contributed by atoms with Crippen molar-refractivity contribution in [1.29, 1.82) is 0 Å². The molecule has 1 aliphatic rings. The second-order valence-corrected chi connectivity index (χ2v) is 7.06. The molecule has 4 rings (SSSR count). The first-order valence-electron chi connectivity index (χ1n) is 9.45. The third-order valence-corrected chi connectivity index (χ3v) is 5.26. The van der Waals surface area contributed by atoms with E-state index in [0.29, 0.717) is 23.2 Å². The van der Waals surface area contributed by atoms with Crippen molar-refractivity contribution in [2.24, 2.45) is 0 Å². The molecule has 0 atom stereocenters. The van der Waals surface area contributed by atoms with Crippen LogP contribution in [0.4, 0.5) is 17.1 Å². The molecular formula is C24H20N2O3. The summed E-state index contributed by atoms with van der Waals surface area (Å²) in [5.41, 5.74) is 4.49. The Morgan fingerprint density at radius 2 is 1.69 bits per heavy atom. The normalized spacial score (nSPS) is 14.5. The first-order valence-corrected chi connectivity index (χ1v) is 9.45. The zero-order chi connectivity index (χ0) is 20.4. The number of Topliss-reactive ketones (excluding diaryl/α,β-unsaturated/α-hetero) is 1. The molecule has 5 nitrogen and oxygen atoms in total. The summed E-state index contributed by atoms with van der Waals surface area (Å²) in [5, 5.41) is 11.7. The molecule has 0 amide bonds. The van der Waals surface area contributed by atoms with Gasteiger partial charge in [0.25, 0.3) is 5.69 Å². The number of fused-ring (bicyclic) bond motifs is 1. The number of rotatable bonds is 4. The number of hydrogen-bond donors (Lipinski definition) is 0. The monoisotopic (exact) mass is 384 g/mol. The van der Waals surface area contributed by atoms with Gasteiger partial charge in [-0.05, 0) is 48.2 Å². The summed E-state index contributed by atoms with van der Waals surface area (Å²) in [6, 6.07) is 22.2. The predicted molar refractivity (Wildman–Crippen MR) is 115 cm³/mol. The SMILES string of the molecule is CN(c1ccccc1)c1ccc(/C=C2\CCc3ccccc3C2=O)cc1[N+](=O)[O-]. The number of nitrogens with zero attached hydrogens (tertiary/aromatic N) is 2. The van der Waals surface area contributed by atoms with E-state index >= 15 is 0 Å². The minimum atomic E-state index is -0.380. The zero-order valence-corrected chi connectivity index (χ0v) is 16.0. The Labute approximate surface area is 169 Å². The number of nitro groups is 1. The van der Waals surface area contributed by atoms with Gasteiger partial charge in [0.1, 0.15) is 5.69 Å². The van der Waals surface area contributed by atoms with Crippen molar-refractivity contribution in [2.75, 3.05) is 11.9 Å². The zero-order valence-electron chi connectivity index (χ0n) is 16.0. The molecule has 0 bridgehead atoms. The molecule has 29 heavy (non-hydrogen) atoms. The van der Waals surface area contributed by atoms with Crippen LogP contribution in [0.5, 0.6) is 0 Å². The lowest BCUT2D eigenvalue weighted by Gasteiger charge is -2.20. The van der Waals surface area contributed by atoms with E-state index in [2.05, 4.69) is 0 Å². The molecule has 0 fully saturated rings. The number of para-hydroxylation sites is 1. The molecule has 3 aromatic carbocycles. The molecule has 0 spiro atoms. The largest absolute Gasteiger partial charge is 0.339 e. The van der Waals surface area contributed by atoms with E-state index in [1.807, 2.05) is 60.7 Å². The van der Waals surface area contributed by atoms with Gasteiger partial charge >= 0.3 is 0 Å². The highest BCUT2D eigenvalue weighted by atomic mass is 16.6. The summed E-state index contributed by atoms with van der Waals surface area (Å²) in [4.78, 5) is 25.9. The molecule has 0 radical (unpaired) electrons. The van der Waals surface area contributed by atoms with Gasteiger partial charge in [-0.15, -0.1) is 0 Å². The van der Waals surface area contributed by atoms with Crippen LogP contribution in [0.25, 0.3) is 6.08 Å². The molecule has 3 aromatic rings. The second-order valence-electron chi connectivity index (χ2n) is 7.06. The number of allylic oxidation sites excluding steroid dienone is 1. The Morgan fingerprint density at radius 3 is 2.45 bits per heavy atom. The number of carbonyl (C=O) groups is 1. The van der Waals surface area contributed by atoms with E-state index in [-0.39, 0.29) is 16.4 Å². The number of nitro benzene ring substituents is 1. The van der Waals surface area contributed by atoms with Crippen LogP contribution >= 0.6 is 0 Å². The number of carbonyl (C=O) groups excluding carboxylic acids is 1. The highest BCUT2D eigenvalue weighted by Crippen LogP contribution is 2.34. The van der Waals surface area contributed by atoms with Gasteiger partial charge in [0.2, 0.25) is 0 Å². The van der Waals surface area contributed by atoms with Gasteiger partial charge in [0, 0.05) is 29.9 Å². The van der Waals surface area contributed by atoms with Crippen molar-refractivity contribution in [3.05, 3.63) is 105 Å². The number of aryl methyl sites for hydroxylation is 1. The van der Waals surface area contributed by atoms with Gasteiger partial charge in [0.05, 0.1) is 4.92 Å². The summed E-state index contributed by atoms with van der Waals surface area (Å²) in [6.07, 6.45) is 3.21. The Kier molecular flexibility index (Phi) is 4.96. The molecule has 0 aromatic heterocycles. The fourth-order valence-corrected chi connectivity index (χ4v) is 3.71. The maximum absolute atomic E-state index is 12.8. The van der Waals surface area contributed by atoms with Gasteiger partial charge < -0.3 is 4.90 Å². The van der Waals surface area contributed by atoms with Gasteiger partial charge in [0.15, 0.2) is 5.78 Å². The van der Waals surface area contributed by atoms with Crippen LogP contribution in [-0.4, -0.2) is 17.8 Å². The topological polar surface area (TPSA) is 63.5 Å². The predicted octanol–water partition coefficient (Wildman–Crippen LogP) is 5.58. The maximum atomic E-state index is 12.8. The fourth-order valence-electron chi connectivity index (χ4n) is 3.71. The summed E-state index contributed by atoms with van der Waals surface area (Å²) in [5.74, 6) is -0.0000156. The minimum Gasteiger partial charge on any atom is -0.339 e. The number of benzene rings is 3. The summed E-state index contributed by atoms with van der Waals surface area (Å²) < 4.78 is 0. The van der Waals surface area contributed by atoms with Crippen molar-refractivity contribution >= 4 is 28.9 Å².